The highest BCUT2D eigenvalue weighted by molar-refractivity contribution is 7.80. The van der Waals surface area contributed by atoms with Gasteiger partial charge in [-0.05, 0) is 37.7 Å². The summed E-state index contributed by atoms with van der Waals surface area (Å²) in [6.07, 6.45) is 2.51. The van der Waals surface area contributed by atoms with Crippen molar-refractivity contribution in [2.75, 3.05) is 26.9 Å². The zero-order valence-electron chi connectivity index (χ0n) is 12.8. The van der Waals surface area contributed by atoms with Crippen molar-refractivity contribution in [2.45, 2.75) is 13.3 Å². The van der Waals surface area contributed by atoms with E-state index in [9.17, 15) is 4.79 Å². The predicted molar refractivity (Wildman–Crippen MR) is 89.5 cm³/mol. The van der Waals surface area contributed by atoms with E-state index in [1.54, 1.807) is 18.1 Å². The molecule has 1 aromatic rings. The van der Waals surface area contributed by atoms with Crippen molar-refractivity contribution in [3.63, 3.8) is 0 Å². The molecule has 0 radical (unpaired) electrons. The molecule has 0 aromatic heterocycles. The third-order valence-corrected chi connectivity index (χ3v) is 3.60. The molecule has 0 atom stereocenters. The number of carbonyl (C=O) groups is 1. The maximum Gasteiger partial charge on any atom is 0.276 e. The summed E-state index contributed by atoms with van der Waals surface area (Å²) in [5.74, 6) is 0.595. The van der Waals surface area contributed by atoms with Crippen LogP contribution in [0.25, 0.3) is 6.08 Å². The number of nitrogens with zero attached hydrogens (tertiary/aromatic N) is 1. The number of nitrogens with one attached hydrogen (secondary N) is 1. The SMILES string of the molecule is CCOCCCN1C(=O)/C(=C\c2ccccc2OC)NC1=S. The van der Waals surface area contributed by atoms with Gasteiger partial charge in [0.15, 0.2) is 5.11 Å². The van der Waals surface area contributed by atoms with Crippen LogP contribution in [-0.4, -0.2) is 42.8 Å². The molecule has 1 N–H and O–H groups in total. The summed E-state index contributed by atoms with van der Waals surface area (Å²) in [6, 6.07) is 7.52. The Bertz CT molecular complexity index is 587. The van der Waals surface area contributed by atoms with Crippen molar-refractivity contribution in [3.8, 4) is 5.75 Å². The lowest BCUT2D eigenvalue weighted by Crippen LogP contribution is -2.32. The van der Waals surface area contributed by atoms with Crippen LogP contribution in [0.5, 0.6) is 5.75 Å². The maximum atomic E-state index is 12.4. The number of ether oxygens (including phenoxy) is 2. The molecule has 2 rings (SSSR count). The van der Waals surface area contributed by atoms with E-state index in [2.05, 4.69) is 5.32 Å². The van der Waals surface area contributed by atoms with Crippen molar-refractivity contribution in [1.82, 2.24) is 10.2 Å². The molecule has 1 saturated heterocycles. The van der Waals surface area contributed by atoms with Gasteiger partial charge < -0.3 is 14.8 Å². The highest BCUT2D eigenvalue weighted by atomic mass is 32.1. The fourth-order valence-electron chi connectivity index (χ4n) is 2.18. The molecule has 0 spiro atoms. The third-order valence-electron chi connectivity index (χ3n) is 3.28. The fourth-order valence-corrected chi connectivity index (χ4v) is 2.47. The number of rotatable bonds is 7. The fraction of sp³-hybridized carbons (Fsp3) is 0.375. The number of para-hydroxylation sites is 1. The first-order valence-corrected chi connectivity index (χ1v) is 7.63. The molecule has 1 fully saturated rings. The van der Waals surface area contributed by atoms with Gasteiger partial charge >= 0.3 is 0 Å². The van der Waals surface area contributed by atoms with Crippen LogP contribution in [0, 0.1) is 0 Å². The molecule has 5 nitrogen and oxygen atoms in total. The van der Waals surface area contributed by atoms with Crippen LogP contribution in [0.4, 0.5) is 0 Å². The van der Waals surface area contributed by atoms with Gasteiger partial charge in [0.1, 0.15) is 11.4 Å². The van der Waals surface area contributed by atoms with Gasteiger partial charge in [0, 0.05) is 25.3 Å². The maximum absolute atomic E-state index is 12.4. The molecule has 1 aliphatic heterocycles. The predicted octanol–water partition coefficient (Wildman–Crippen LogP) is 2.18. The molecular formula is C16H20N2O3S. The normalized spacial score (nSPS) is 16.3. The molecule has 1 amide bonds. The number of hydrogen-bond acceptors (Lipinski definition) is 4. The Kier molecular flexibility index (Phi) is 5.91. The van der Waals surface area contributed by atoms with Crippen molar-refractivity contribution in [1.29, 1.82) is 0 Å². The van der Waals surface area contributed by atoms with Crippen LogP contribution in [-0.2, 0) is 9.53 Å². The summed E-state index contributed by atoms with van der Waals surface area (Å²) in [6.45, 7) is 3.79. The standard InChI is InChI=1S/C16H20N2O3S/c1-3-21-10-6-9-18-15(19)13(17-16(18)22)11-12-7-4-5-8-14(12)20-2/h4-5,7-8,11H,3,6,9-10H2,1-2H3,(H,17,22)/b13-11+. The largest absolute Gasteiger partial charge is 0.496 e. The first-order valence-electron chi connectivity index (χ1n) is 7.22. The molecule has 0 saturated carbocycles. The second-order valence-electron chi connectivity index (χ2n) is 4.74. The third kappa shape index (κ3) is 3.84. The molecular weight excluding hydrogens is 300 g/mol. The van der Waals surface area contributed by atoms with Crippen molar-refractivity contribution in [2.24, 2.45) is 0 Å². The number of benzene rings is 1. The molecule has 22 heavy (non-hydrogen) atoms. The Morgan fingerprint density at radius 2 is 2.14 bits per heavy atom. The van der Waals surface area contributed by atoms with Gasteiger partial charge in [0.05, 0.1) is 7.11 Å². The highest BCUT2D eigenvalue weighted by Crippen LogP contribution is 2.22. The van der Waals surface area contributed by atoms with E-state index in [-0.39, 0.29) is 5.91 Å². The quantitative estimate of drug-likeness (QED) is 0.474. The molecule has 1 heterocycles. The summed E-state index contributed by atoms with van der Waals surface area (Å²) in [5.41, 5.74) is 1.30. The molecule has 0 aliphatic carbocycles. The van der Waals surface area contributed by atoms with E-state index in [0.717, 1.165) is 12.0 Å². The molecule has 1 aromatic carbocycles. The summed E-state index contributed by atoms with van der Waals surface area (Å²) < 4.78 is 10.6. The van der Waals surface area contributed by atoms with E-state index < -0.39 is 0 Å². The van der Waals surface area contributed by atoms with Crippen LogP contribution >= 0.6 is 12.2 Å². The van der Waals surface area contributed by atoms with E-state index in [1.165, 1.54) is 0 Å². The molecule has 118 valence electrons. The van der Waals surface area contributed by atoms with Crippen LogP contribution in [0.1, 0.15) is 18.9 Å². The first kappa shape index (κ1) is 16.5. The topological polar surface area (TPSA) is 50.8 Å². The second-order valence-corrected chi connectivity index (χ2v) is 5.12. The van der Waals surface area contributed by atoms with Crippen molar-refractivity contribution >= 4 is 29.3 Å². The Labute approximate surface area is 135 Å². The van der Waals surface area contributed by atoms with Gasteiger partial charge in [-0.15, -0.1) is 0 Å². The van der Waals surface area contributed by atoms with Gasteiger partial charge in [-0.1, -0.05) is 18.2 Å². The van der Waals surface area contributed by atoms with Gasteiger partial charge in [-0.2, -0.15) is 0 Å². The van der Waals surface area contributed by atoms with Gasteiger partial charge in [0.25, 0.3) is 5.91 Å². The minimum absolute atomic E-state index is 0.118. The Morgan fingerprint density at radius 1 is 1.36 bits per heavy atom. The van der Waals surface area contributed by atoms with Crippen LogP contribution < -0.4 is 10.1 Å². The first-order chi connectivity index (χ1) is 10.7. The lowest BCUT2D eigenvalue weighted by Gasteiger charge is -2.13. The molecule has 6 heteroatoms. The van der Waals surface area contributed by atoms with Gasteiger partial charge in [-0.3, -0.25) is 9.69 Å². The Hall–Kier alpha value is -1.92. The van der Waals surface area contributed by atoms with E-state index >= 15 is 0 Å². The summed E-state index contributed by atoms with van der Waals surface area (Å²) in [7, 11) is 1.60. The van der Waals surface area contributed by atoms with Crippen LogP contribution in [0.3, 0.4) is 0 Å². The monoisotopic (exact) mass is 320 g/mol. The van der Waals surface area contributed by atoms with E-state index in [1.807, 2.05) is 31.2 Å². The molecule has 0 unspecified atom stereocenters. The number of methoxy groups -OCH3 is 1. The highest BCUT2D eigenvalue weighted by Gasteiger charge is 2.30. The second kappa shape index (κ2) is 7.91. The summed E-state index contributed by atoms with van der Waals surface area (Å²) in [4.78, 5) is 14.0. The van der Waals surface area contributed by atoms with E-state index in [4.69, 9.17) is 21.7 Å². The van der Waals surface area contributed by atoms with Crippen LogP contribution in [0.2, 0.25) is 0 Å². The van der Waals surface area contributed by atoms with Crippen LogP contribution in [0.15, 0.2) is 30.0 Å². The lowest BCUT2D eigenvalue weighted by molar-refractivity contribution is -0.122. The van der Waals surface area contributed by atoms with Crippen molar-refractivity contribution < 1.29 is 14.3 Å². The zero-order valence-corrected chi connectivity index (χ0v) is 13.6. The zero-order chi connectivity index (χ0) is 15.9. The van der Waals surface area contributed by atoms with Gasteiger partial charge in [0.2, 0.25) is 0 Å². The van der Waals surface area contributed by atoms with Crippen molar-refractivity contribution in [3.05, 3.63) is 35.5 Å². The molecule has 1 aliphatic rings. The average Bonchev–Trinajstić information content (AvgIpc) is 2.79. The number of hydrogen-bond donors (Lipinski definition) is 1. The average molecular weight is 320 g/mol. The Morgan fingerprint density at radius 3 is 2.86 bits per heavy atom. The number of carbonyl (C=O) groups excluding carboxylic acids is 1. The minimum Gasteiger partial charge on any atom is -0.496 e. The smallest absolute Gasteiger partial charge is 0.276 e. The molecule has 0 bridgehead atoms. The Balaban J connectivity index is 2.09. The number of amides is 1. The number of thiocarbonyl (C=S) groups is 1. The van der Waals surface area contributed by atoms with Gasteiger partial charge in [-0.25, -0.2) is 0 Å². The summed E-state index contributed by atoms with van der Waals surface area (Å²) >= 11 is 5.23. The summed E-state index contributed by atoms with van der Waals surface area (Å²) in [5, 5.41) is 3.40. The van der Waals surface area contributed by atoms with E-state index in [0.29, 0.717) is 36.3 Å². The minimum atomic E-state index is -0.118. The lowest BCUT2D eigenvalue weighted by atomic mass is 10.1.